The van der Waals surface area contributed by atoms with Crippen LogP contribution in [-0.2, 0) is 6.54 Å². The fourth-order valence-electron chi connectivity index (χ4n) is 2.34. The van der Waals surface area contributed by atoms with Crippen molar-refractivity contribution >= 4 is 34.6 Å². The Morgan fingerprint density at radius 2 is 1.92 bits per heavy atom. The number of nitrogens with one attached hydrogen (secondary N) is 2. The molecule has 0 aliphatic heterocycles. The second-order valence-corrected chi connectivity index (χ2v) is 6.38. The molecule has 0 amide bonds. The molecule has 8 heteroatoms. The summed E-state index contributed by atoms with van der Waals surface area (Å²) in [5.74, 6) is 1.42. The molecule has 6 nitrogen and oxygen atoms in total. The van der Waals surface area contributed by atoms with Gasteiger partial charge >= 0.3 is 0 Å². The van der Waals surface area contributed by atoms with E-state index in [2.05, 4.69) is 20.2 Å². The van der Waals surface area contributed by atoms with E-state index < -0.39 is 0 Å². The van der Waals surface area contributed by atoms with Crippen LogP contribution in [-0.4, -0.2) is 28.9 Å². The summed E-state index contributed by atoms with van der Waals surface area (Å²) in [5, 5.41) is 12.8. The molecule has 0 saturated heterocycles. The van der Waals surface area contributed by atoms with E-state index >= 15 is 0 Å². The van der Waals surface area contributed by atoms with Gasteiger partial charge in [-0.25, -0.2) is 0 Å². The Balaban J connectivity index is 1.59. The molecule has 0 unspecified atom stereocenters. The first-order valence-electron chi connectivity index (χ1n) is 7.83. The monoisotopic (exact) mass is 386 g/mol. The highest BCUT2D eigenvalue weighted by molar-refractivity contribution is 7.80. The number of thiocarbonyl (C=S) groups is 1. The van der Waals surface area contributed by atoms with Crippen molar-refractivity contribution in [3.8, 4) is 22.8 Å². The number of nitrogens with zero attached hydrogens (tertiary/aromatic N) is 2. The molecule has 0 atom stereocenters. The standard InChI is InChI=1S/C18H18N4O2S2/c1-23-14-7-8-17(24-2)15(9-14)20-18(25)19-10-12-3-5-13(6-4-12)16-11-26-22-21-16/h3-9,11H,10H2,1-2H3,(H2,19,20,25). The zero-order valence-electron chi connectivity index (χ0n) is 14.4. The first kappa shape index (κ1) is 18.1. The van der Waals surface area contributed by atoms with Crippen molar-refractivity contribution in [2.45, 2.75) is 6.54 Å². The summed E-state index contributed by atoms with van der Waals surface area (Å²) < 4.78 is 14.5. The molecule has 1 aromatic heterocycles. The Labute approximate surface area is 161 Å². The van der Waals surface area contributed by atoms with Crippen molar-refractivity contribution in [1.82, 2.24) is 14.9 Å². The van der Waals surface area contributed by atoms with E-state index in [1.165, 1.54) is 11.5 Å². The highest BCUT2D eigenvalue weighted by Crippen LogP contribution is 2.28. The van der Waals surface area contributed by atoms with Crippen LogP contribution in [0.1, 0.15) is 5.56 Å². The molecular formula is C18H18N4O2S2. The lowest BCUT2D eigenvalue weighted by atomic mass is 10.1. The van der Waals surface area contributed by atoms with E-state index in [-0.39, 0.29) is 0 Å². The SMILES string of the molecule is COc1ccc(OC)c(NC(=S)NCc2ccc(-c3csnn3)cc2)c1. The topological polar surface area (TPSA) is 68.3 Å². The van der Waals surface area contributed by atoms with E-state index in [0.717, 1.165) is 28.3 Å². The second-order valence-electron chi connectivity index (χ2n) is 5.36. The van der Waals surface area contributed by atoms with E-state index in [9.17, 15) is 0 Å². The molecule has 0 bridgehead atoms. The molecule has 0 aliphatic carbocycles. The average molecular weight is 387 g/mol. The zero-order chi connectivity index (χ0) is 18.4. The fourth-order valence-corrected chi connectivity index (χ4v) is 2.99. The fraction of sp³-hybridized carbons (Fsp3) is 0.167. The van der Waals surface area contributed by atoms with Crippen LogP contribution < -0.4 is 20.1 Å². The molecule has 0 spiro atoms. The maximum atomic E-state index is 5.38. The maximum absolute atomic E-state index is 5.38. The summed E-state index contributed by atoms with van der Waals surface area (Å²) in [7, 11) is 3.23. The van der Waals surface area contributed by atoms with Gasteiger partial charge in [-0.2, -0.15) is 0 Å². The molecule has 0 aliphatic rings. The van der Waals surface area contributed by atoms with Gasteiger partial charge in [-0.15, -0.1) is 5.10 Å². The van der Waals surface area contributed by atoms with E-state index in [1.807, 2.05) is 47.8 Å². The molecule has 1 heterocycles. The van der Waals surface area contributed by atoms with Gasteiger partial charge in [0.2, 0.25) is 0 Å². The predicted octanol–water partition coefficient (Wildman–Crippen LogP) is 3.71. The largest absolute Gasteiger partial charge is 0.497 e. The molecule has 134 valence electrons. The number of ether oxygens (including phenoxy) is 2. The summed E-state index contributed by atoms with van der Waals surface area (Å²) in [6.07, 6.45) is 0. The van der Waals surface area contributed by atoms with Gasteiger partial charge in [0, 0.05) is 23.6 Å². The van der Waals surface area contributed by atoms with E-state index in [0.29, 0.717) is 17.4 Å². The van der Waals surface area contributed by atoms with Gasteiger partial charge in [0.05, 0.1) is 19.9 Å². The zero-order valence-corrected chi connectivity index (χ0v) is 16.0. The van der Waals surface area contributed by atoms with Crippen molar-refractivity contribution < 1.29 is 9.47 Å². The number of anilines is 1. The van der Waals surface area contributed by atoms with Gasteiger partial charge in [-0.3, -0.25) is 0 Å². The van der Waals surface area contributed by atoms with Crippen molar-refractivity contribution in [3.63, 3.8) is 0 Å². The van der Waals surface area contributed by atoms with Crippen LogP contribution in [0.25, 0.3) is 11.3 Å². The Morgan fingerprint density at radius 1 is 1.12 bits per heavy atom. The van der Waals surface area contributed by atoms with Crippen LogP contribution in [0.2, 0.25) is 0 Å². The average Bonchev–Trinajstić information content (AvgIpc) is 3.21. The Kier molecular flexibility index (Phi) is 5.98. The number of aromatic nitrogens is 2. The summed E-state index contributed by atoms with van der Waals surface area (Å²) in [4.78, 5) is 0. The summed E-state index contributed by atoms with van der Waals surface area (Å²) >= 11 is 6.72. The number of rotatable bonds is 6. The molecule has 26 heavy (non-hydrogen) atoms. The number of hydrogen-bond acceptors (Lipinski definition) is 6. The minimum absolute atomic E-state index is 0.504. The lowest BCUT2D eigenvalue weighted by molar-refractivity contribution is 0.405. The third kappa shape index (κ3) is 4.47. The smallest absolute Gasteiger partial charge is 0.171 e. The number of hydrogen-bond donors (Lipinski definition) is 2. The molecule has 0 saturated carbocycles. The van der Waals surface area contributed by atoms with Crippen molar-refractivity contribution in [3.05, 3.63) is 53.4 Å². The van der Waals surface area contributed by atoms with Crippen LogP contribution in [0.4, 0.5) is 5.69 Å². The van der Waals surface area contributed by atoms with E-state index in [1.54, 1.807) is 14.2 Å². The Bertz CT molecular complexity index is 867. The van der Waals surface area contributed by atoms with Gasteiger partial charge in [-0.05, 0) is 41.4 Å². The number of methoxy groups -OCH3 is 2. The van der Waals surface area contributed by atoms with Gasteiger partial charge in [-0.1, -0.05) is 28.8 Å². The molecule has 3 rings (SSSR count). The normalized spacial score (nSPS) is 10.2. The molecule has 0 radical (unpaired) electrons. The van der Waals surface area contributed by atoms with Gasteiger partial charge in [0.1, 0.15) is 17.2 Å². The molecule has 3 aromatic rings. The summed E-state index contributed by atoms with van der Waals surface area (Å²) in [5.41, 5.74) is 3.79. The van der Waals surface area contributed by atoms with Crippen LogP contribution in [0, 0.1) is 0 Å². The second kappa shape index (κ2) is 8.59. The molecule has 0 fully saturated rings. The molecule has 2 N–H and O–H groups in total. The predicted molar refractivity (Wildman–Crippen MR) is 108 cm³/mol. The third-order valence-electron chi connectivity index (χ3n) is 3.72. The van der Waals surface area contributed by atoms with Crippen LogP contribution >= 0.6 is 23.8 Å². The van der Waals surface area contributed by atoms with Crippen molar-refractivity contribution in [1.29, 1.82) is 0 Å². The first-order valence-corrected chi connectivity index (χ1v) is 9.07. The first-order chi connectivity index (χ1) is 12.7. The highest BCUT2D eigenvalue weighted by Gasteiger charge is 2.07. The Morgan fingerprint density at radius 3 is 2.58 bits per heavy atom. The Hall–Kier alpha value is -2.71. The molecular weight excluding hydrogens is 368 g/mol. The van der Waals surface area contributed by atoms with Crippen molar-refractivity contribution in [2.75, 3.05) is 19.5 Å². The van der Waals surface area contributed by atoms with Gasteiger partial charge in [0.25, 0.3) is 0 Å². The minimum atomic E-state index is 0.504. The lowest BCUT2D eigenvalue weighted by Gasteiger charge is -2.14. The highest BCUT2D eigenvalue weighted by atomic mass is 32.1. The molecule has 2 aromatic carbocycles. The van der Waals surface area contributed by atoms with Gasteiger partial charge in [0.15, 0.2) is 5.11 Å². The number of benzene rings is 2. The van der Waals surface area contributed by atoms with Crippen LogP contribution in [0.3, 0.4) is 0 Å². The third-order valence-corrected chi connectivity index (χ3v) is 4.47. The van der Waals surface area contributed by atoms with Gasteiger partial charge < -0.3 is 20.1 Å². The summed E-state index contributed by atoms with van der Waals surface area (Å²) in [6.45, 7) is 0.605. The minimum Gasteiger partial charge on any atom is -0.497 e. The quantitative estimate of drug-likeness (QED) is 0.626. The van der Waals surface area contributed by atoms with Crippen LogP contribution in [0.15, 0.2) is 47.8 Å². The maximum Gasteiger partial charge on any atom is 0.171 e. The summed E-state index contributed by atoms with van der Waals surface area (Å²) in [6, 6.07) is 13.6. The van der Waals surface area contributed by atoms with E-state index in [4.69, 9.17) is 21.7 Å². The van der Waals surface area contributed by atoms with Crippen LogP contribution in [0.5, 0.6) is 11.5 Å². The van der Waals surface area contributed by atoms with Crippen molar-refractivity contribution in [2.24, 2.45) is 0 Å². The lowest BCUT2D eigenvalue weighted by Crippen LogP contribution is -2.28.